The molecule has 0 aliphatic rings. The van der Waals surface area contributed by atoms with Crippen molar-refractivity contribution in [3.63, 3.8) is 0 Å². The fraction of sp³-hybridized carbons (Fsp3) is 0.350. The van der Waals surface area contributed by atoms with E-state index in [0.717, 1.165) is 0 Å². The first kappa shape index (κ1) is 21.8. The Morgan fingerprint density at radius 2 is 1.72 bits per heavy atom. The normalized spacial score (nSPS) is 11.3. The lowest BCUT2D eigenvalue weighted by atomic mass is 10.2. The van der Waals surface area contributed by atoms with Crippen molar-refractivity contribution < 1.29 is 23.9 Å². The number of ether oxygens (including phenoxy) is 3. The molecule has 9 nitrogen and oxygen atoms in total. The smallest absolute Gasteiger partial charge is 0.271 e. The van der Waals surface area contributed by atoms with Crippen molar-refractivity contribution in [2.45, 2.75) is 26.8 Å². The molecule has 0 radical (unpaired) electrons. The molecule has 0 fully saturated rings. The van der Waals surface area contributed by atoms with Crippen molar-refractivity contribution in [1.29, 1.82) is 0 Å². The van der Waals surface area contributed by atoms with Gasteiger partial charge in [-0.3, -0.25) is 14.9 Å². The van der Waals surface area contributed by atoms with E-state index < -0.39 is 11.0 Å². The second-order valence-corrected chi connectivity index (χ2v) is 6.02. The first-order valence-electron chi connectivity index (χ1n) is 9.19. The highest BCUT2D eigenvalue weighted by Gasteiger charge is 2.18. The molecular weight excluding hydrogens is 378 g/mol. The molecule has 0 spiro atoms. The number of anilines is 2. The monoisotopic (exact) mass is 403 g/mol. The fourth-order valence-corrected chi connectivity index (χ4v) is 2.60. The molecule has 2 aromatic rings. The Bertz CT molecular complexity index is 871. The van der Waals surface area contributed by atoms with Crippen molar-refractivity contribution in [1.82, 2.24) is 0 Å². The lowest BCUT2D eigenvalue weighted by molar-refractivity contribution is -0.384. The van der Waals surface area contributed by atoms with Crippen molar-refractivity contribution in [2.75, 3.05) is 31.0 Å². The van der Waals surface area contributed by atoms with Crippen molar-refractivity contribution >= 4 is 23.0 Å². The molecule has 2 aromatic carbocycles. The fourth-order valence-electron chi connectivity index (χ4n) is 2.60. The first-order valence-corrected chi connectivity index (χ1v) is 9.19. The van der Waals surface area contributed by atoms with E-state index in [0.29, 0.717) is 36.1 Å². The number of methoxy groups -OCH3 is 1. The number of benzene rings is 2. The number of non-ortho nitro benzene ring substituents is 1. The number of nitrogens with one attached hydrogen (secondary N) is 2. The quantitative estimate of drug-likeness (QED) is 0.458. The molecule has 2 N–H and O–H groups in total. The molecule has 1 atom stereocenters. The summed E-state index contributed by atoms with van der Waals surface area (Å²) in [5, 5.41) is 16.7. The molecule has 0 aromatic heterocycles. The van der Waals surface area contributed by atoms with Crippen LogP contribution < -0.4 is 24.8 Å². The van der Waals surface area contributed by atoms with Gasteiger partial charge in [0.25, 0.3) is 5.69 Å². The van der Waals surface area contributed by atoms with Crippen LogP contribution in [0.15, 0.2) is 36.4 Å². The molecule has 9 heteroatoms. The zero-order chi connectivity index (χ0) is 21.4. The van der Waals surface area contributed by atoms with Crippen LogP contribution in [-0.2, 0) is 4.79 Å². The Morgan fingerprint density at radius 3 is 2.34 bits per heavy atom. The van der Waals surface area contributed by atoms with E-state index in [4.69, 9.17) is 14.2 Å². The number of nitro groups is 1. The third-order valence-corrected chi connectivity index (χ3v) is 3.97. The molecule has 0 unspecified atom stereocenters. The third-order valence-electron chi connectivity index (χ3n) is 3.97. The molecule has 0 saturated carbocycles. The summed E-state index contributed by atoms with van der Waals surface area (Å²) in [5.74, 6) is 1.15. The molecule has 156 valence electrons. The summed E-state index contributed by atoms with van der Waals surface area (Å²) >= 11 is 0. The highest BCUT2D eigenvalue weighted by molar-refractivity contribution is 5.97. The molecule has 29 heavy (non-hydrogen) atoms. The summed E-state index contributed by atoms with van der Waals surface area (Å²) in [6.45, 7) is 6.42. The van der Waals surface area contributed by atoms with Crippen molar-refractivity contribution in [2.24, 2.45) is 0 Å². The van der Waals surface area contributed by atoms with Gasteiger partial charge < -0.3 is 24.8 Å². The standard InChI is InChI=1S/C20H25N3O6/c1-5-28-18-9-7-14(11-19(18)29-6-2)21-13(3)20(24)22-16-12-15(23(25)26)8-10-17(16)27-4/h7-13,21H,5-6H2,1-4H3,(H,22,24)/t13-/m0/s1. The van der Waals surface area contributed by atoms with Crippen LogP contribution in [0.5, 0.6) is 17.2 Å². The molecule has 2 rings (SSSR count). The lowest BCUT2D eigenvalue weighted by Gasteiger charge is -2.18. The largest absolute Gasteiger partial charge is 0.495 e. The molecular formula is C20H25N3O6. The summed E-state index contributed by atoms with van der Waals surface area (Å²) in [5.41, 5.74) is 0.752. The SMILES string of the molecule is CCOc1ccc(N[C@@H](C)C(=O)Nc2cc([N+](=O)[O-])ccc2OC)cc1OCC. The van der Waals surface area contributed by atoms with Crippen LogP contribution in [0.3, 0.4) is 0 Å². The van der Waals surface area contributed by atoms with Gasteiger partial charge in [-0.1, -0.05) is 0 Å². The molecule has 0 saturated heterocycles. The molecule has 0 aliphatic heterocycles. The number of hydrogen-bond donors (Lipinski definition) is 2. The van der Waals surface area contributed by atoms with Gasteiger partial charge in [0.05, 0.1) is 30.9 Å². The Balaban J connectivity index is 2.14. The topological polar surface area (TPSA) is 112 Å². The molecule has 1 amide bonds. The number of nitrogens with zero attached hydrogens (tertiary/aromatic N) is 1. The number of amides is 1. The summed E-state index contributed by atoms with van der Waals surface area (Å²) < 4.78 is 16.3. The Labute approximate surface area is 169 Å². The molecule has 0 aliphatic carbocycles. The highest BCUT2D eigenvalue weighted by Crippen LogP contribution is 2.31. The third kappa shape index (κ3) is 5.74. The van der Waals surface area contributed by atoms with Crippen LogP contribution in [0.4, 0.5) is 17.1 Å². The van der Waals surface area contributed by atoms with Gasteiger partial charge in [0.15, 0.2) is 11.5 Å². The maximum atomic E-state index is 12.6. The first-order chi connectivity index (χ1) is 13.9. The van der Waals surface area contributed by atoms with Gasteiger partial charge in [0.2, 0.25) is 5.91 Å². The minimum Gasteiger partial charge on any atom is -0.495 e. The predicted octanol–water partition coefficient (Wildman–Crippen LogP) is 3.84. The van der Waals surface area contributed by atoms with Gasteiger partial charge in [0.1, 0.15) is 11.8 Å². The molecule has 0 heterocycles. The number of nitro benzene ring substituents is 1. The van der Waals surface area contributed by atoms with E-state index in [-0.39, 0.29) is 17.3 Å². The van der Waals surface area contributed by atoms with Crippen LogP contribution in [0.2, 0.25) is 0 Å². The maximum absolute atomic E-state index is 12.6. The summed E-state index contributed by atoms with van der Waals surface area (Å²) in [4.78, 5) is 23.0. The van der Waals surface area contributed by atoms with Gasteiger partial charge in [-0.05, 0) is 39.0 Å². The number of hydrogen-bond acceptors (Lipinski definition) is 7. The number of carbonyl (C=O) groups is 1. The van der Waals surface area contributed by atoms with Gasteiger partial charge in [-0.15, -0.1) is 0 Å². The predicted molar refractivity (Wildman–Crippen MR) is 110 cm³/mol. The maximum Gasteiger partial charge on any atom is 0.271 e. The van der Waals surface area contributed by atoms with E-state index in [1.54, 1.807) is 25.1 Å². The van der Waals surface area contributed by atoms with Crippen molar-refractivity contribution in [3.8, 4) is 17.2 Å². The van der Waals surface area contributed by atoms with E-state index in [1.165, 1.54) is 25.3 Å². The second-order valence-electron chi connectivity index (χ2n) is 6.02. The Hall–Kier alpha value is -3.49. The average Bonchev–Trinajstić information content (AvgIpc) is 2.70. The number of carbonyl (C=O) groups excluding carboxylic acids is 1. The highest BCUT2D eigenvalue weighted by atomic mass is 16.6. The van der Waals surface area contributed by atoms with E-state index in [2.05, 4.69) is 10.6 Å². The van der Waals surface area contributed by atoms with Crippen LogP contribution >= 0.6 is 0 Å². The van der Waals surface area contributed by atoms with Crippen LogP contribution in [0, 0.1) is 10.1 Å². The lowest BCUT2D eigenvalue weighted by Crippen LogP contribution is -2.32. The summed E-state index contributed by atoms with van der Waals surface area (Å²) in [7, 11) is 1.42. The van der Waals surface area contributed by atoms with E-state index in [1.807, 2.05) is 13.8 Å². The second kappa shape index (κ2) is 10.2. The van der Waals surface area contributed by atoms with E-state index >= 15 is 0 Å². The van der Waals surface area contributed by atoms with Gasteiger partial charge in [-0.2, -0.15) is 0 Å². The van der Waals surface area contributed by atoms with Gasteiger partial charge in [-0.25, -0.2) is 0 Å². The van der Waals surface area contributed by atoms with Gasteiger partial charge >= 0.3 is 0 Å². The zero-order valence-electron chi connectivity index (χ0n) is 16.9. The Kier molecular flexibility index (Phi) is 7.64. The summed E-state index contributed by atoms with van der Waals surface area (Å²) in [6.07, 6.45) is 0. The minimum absolute atomic E-state index is 0.144. The minimum atomic E-state index is -0.633. The van der Waals surface area contributed by atoms with Crippen LogP contribution in [-0.4, -0.2) is 37.2 Å². The van der Waals surface area contributed by atoms with Crippen LogP contribution in [0.1, 0.15) is 20.8 Å². The average molecular weight is 403 g/mol. The van der Waals surface area contributed by atoms with Crippen molar-refractivity contribution in [3.05, 3.63) is 46.5 Å². The van der Waals surface area contributed by atoms with E-state index in [9.17, 15) is 14.9 Å². The molecule has 0 bridgehead atoms. The Morgan fingerprint density at radius 1 is 1.07 bits per heavy atom. The number of rotatable bonds is 10. The van der Waals surface area contributed by atoms with Crippen LogP contribution in [0.25, 0.3) is 0 Å². The zero-order valence-corrected chi connectivity index (χ0v) is 16.9. The van der Waals surface area contributed by atoms with Gasteiger partial charge in [0, 0.05) is 23.9 Å². The summed E-state index contributed by atoms with van der Waals surface area (Å²) in [6, 6.07) is 8.68.